The summed E-state index contributed by atoms with van der Waals surface area (Å²) in [5.74, 6) is -2.09. The van der Waals surface area contributed by atoms with E-state index in [9.17, 15) is 9.18 Å². The number of hydrogen-bond donors (Lipinski definition) is 0. The molecule has 1 aromatic carbocycles. The number of halogens is 2. The Morgan fingerprint density at radius 2 is 2.17 bits per heavy atom. The zero-order valence-electron chi connectivity index (χ0n) is 9.06. The van der Waals surface area contributed by atoms with Crippen LogP contribution in [0.5, 0.6) is 0 Å². The van der Waals surface area contributed by atoms with Crippen molar-refractivity contribution in [1.82, 2.24) is 0 Å². The average Bonchev–Trinajstić information content (AvgIpc) is 2.87. The Hall–Kier alpha value is -1.51. The van der Waals surface area contributed by atoms with Gasteiger partial charge >= 0.3 is 0 Å². The average molecular weight is 324 g/mol. The van der Waals surface area contributed by atoms with E-state index in [2.05, 4.69) is 15.9 Å². The molecule has 0 amide bonds. The Labute approximate surface area is 116 Å². The van der Waals surface area contributed by atoms with Crippen molar-refractivity contribution in [3.8, 4) is 6.07 Å². The normalized spacial score (nSPS) is 11.8. The van der Waals surface area contributed by atoms with Crippen molar-refractivity contribution in [1.29, 1.82) is 5.26 Å². The molecule has 5 heteroatoms. The minimum atomic E-state index is -0.950. The van der Waals surface area contributed by atoms with Gasteiger partial charge in [-0.3, -0.25) is 4.79 Å². The standard InChI is InChI=1S/C13H7BrFNOS/c14-10-4-1-3-8(12(10)15)13(17)9(7-16)11-5-2-6-18-11/h1-6,9H. The van der Waals surface area contributed by atoms with Gasteiger partial charge in [-0.2, -0.15) is 5.26 Å². The van der Waals surface area contributed by atoms with Crippen molar-refractivity contribution in [3.05, 3.63) is 56.4 Å². The van der Waals surface area contributed by atoms with E-state index in [1.807, 2.05) is 6.07 Å². The predicted molar refractivity (Wildman–Crippen MR) is 71.1 cm³/mol. The first-order chi connectivity index (χ1) is 8.65. The Bertz CT molecular complexity index is 618. The summed E-state index contributed by atoms with van der Waals surface area (Å²) >= 11 is 4.34. The number of rotatable bonds is 3. The molecule has 90 valence electrons. The molecular formula is C13H7BrFNOS. The zero-order chi connectivity index (χ0) is 13.1. The van der Waals surface area contributed by atoms with E-state index < -0.39 is 17.5 Å². The van der Waals surface area contributed by atoms with Crippen molar-refractivity contribution in [2.24, 2.45) is 0 Å². The van der Waals surface area contributed by atoms with Crippen molar-refractivity contribution in [3.63, 3.8) is 0 Å². The monoisotopic (exact) mass is 323 g/mol. The molecule has 0 saturated heterocycles. The molecule has 18 heavy (non-hydrogen) atoms. The van der Waals surface area contributed by atoms with Gasteiger partial charge in [-0.15, -0.1) is 11.3 Å². The Kier molecular flexibility index (Phi) is 3.90. The van der Waals surface area contributed by atoms with Crippen LogP contribution in [0.15, 0.2) is 40.2 Å². The van der Waals surface area contributed by atoms with E-state index in [1.165, 1.54) is 23.5 Å². The molecule has 0 aliphatic heterocycles. The minimum absolute atomic E-state index is 0.0654. The lowest BCUT2D eigenvalue weighted by Gasteiger charge is -2.07. The second-order valence-electron chi connectivity index (χ2n) is 3.54. The SMILES string of the molecule is N#CC(C(=O)c1cccc(Br)c1F)c1cccs1. The van der Waals surface area contributed by atoms with Gasteiger partial charge in [0, 0.05) is 4.88 Å². The molecule has 0 aliphatic rings. The first-order valence-electron chi connectivity index (χ1n) is 5.06. The van der Waals surface area contributed by atoms with Gasteiger partial charge < -0.3 is 0 Å². The van der Waals surface area contributed by atoms with Gasteiger partial charge in [-0.25, -0.2) is 4.39 Å². The molecule has 1 unspecified atom stereocenters. The summed E-state index contributed by atoms with van der Waals surface area (Å²) in [5.41, 5.74) is -0.0654. The second kappa shape index (κ2) is 5.42. The fourth-order valence-corrected chi connectivity index (χ4v) is 2.69. The molecule has 1 aromatic heterocycles. The van der Waals surface area contributed by atoms with Crippen LogP contribution in [-0.4, -0.2) is 5.78 Å². The third kappa shape index (κ3) is 2.35. The third-order valence-corrected chi connectivity index (χ3v) is 3.99. The molecule has 2 nitrogen and oxygen atoms in total. The highest BCUT2D eigenvalue weighted by Crippen LogP contribution is 2.27. The molecule has 2 aromatic rings. The van der Waals surface area contributed by atoms with Crippen LogP contribution in [0.2, 0.25) is 0 Å². The maximum Gasteiger partial charge on any atom is 0.188 e. The van der Waals surface area contributed by atoms with Crippen molar-refractivity contribution < 1.29 is 9.18 Å². The van der Waals surface area contributed by atoms with E-state index in [0.717, 1.165) is 0 Å². The number of carbonyl (C=O) groups is 1. The molecule has 1 heterocycles. The lowest BCUT2D eigenvalue weighted by Crippen LogP contribution is -2.12. The number of thiophene rings is 1. The number of nitriles is 1. The molecule has 0 fully saturated rings. The maximum atomic E-state index is 13.8. The van der Waals surface area contributed by atoms with Gasteiger partial charge in [0.25, 0.3) is 0 Å². The molecule has 0 radical (unpaired) electrons. The van der Waals surface area contributed by atoms with Gasteiger partial charge in [0.2, 0.25) is 0 Å². The number of ketones is 1. The van der Waals surface area contributed by atoms with Crippen LogP contribution >= 0.6 is 27.3 Å². The largest absolute Gasteiger partial charge is 0.292 e. The Morgan fingerprint density at radius 3 is 2.78 bits per heavy atom. The first kappa shape index (κ1) is 12.9. The fourth-order valence-electron chi connectivity index (χ4n) is 1.56. The van der Waals surface area contributed by atoms with E-state index in [1.54, 1.807) is 23.6 Å². The first-order valence-corrected chi connectivity index (χ1v) is 6.73. The van der Waals surface area contributed by atoms with Gasteiger partial charge in [0.15, 0.2) is 5.78 Å². The predicted octanol–water partition coefficient (Wildman–Crippen LogP) is 4.14. The molecule has 1 atom stereocenters. The van der Waals surface area contributed by atoms with Crippen LogP contribution in [0.3, 0.4) is 0 Å². The Morgan fingerprint density at radius 1 is 1.39 bits per heavy atom. The van der Waals surface area contributed by atoms with E-state index in [4.69, 9.17) is 5.26 Å². The summed E-state index contributed by atoms with van der Waals surface area (Å²) in [6.07, 6.45) is 0. The minimum Gasteiger partial charge on any atom is -0.292 e. The summed E-state index contributed by atoms with van der Waals surface area (Å²) in [6.45, 7) is 0. The quantitative estimate of drug-likeness (QED) is 0.796. The van der Waals surface area contributed by atoms with Crippen LogP contribution in [0.4, 0.5) is 4.39 Å². The van der Waals surface area contributed by atoms with Crippen LogP contribution < -0.4 is 0 Å². The molecule has 2 rings (SSSR count). The molecule has 0 saturated carbocycles. The number of nitrogens with zero attached hydrogens (tertiary/aromatic N) is 1. The van der Waals surface area contributed by atoms with Gasteiger partial charge in [0.1, 0.15) is 11.7 Å². The highest BCUT2D eigenvalue weighted by Gasteiger charge is 2.25. The van der Waals surface area contributed by atoms with Crippen LogP contribution in [0.25, 0.3) is 0 Å². The van der Waals surface area contributed by atoms with Gasteiger partial charge in [0.05, 0.1) is 16.1 Å². The van der Waals surface area contributed by atoms with Gasteiger partial charge in [-0.1, -0.05) is 12.1 Å². The summed E-state index contributed by atoms with van der Waals surface area (Å²) < 4.78 is 14.0. The van der Waals surface area contributed by atoms with E-state index in [-0.39, 0.29) is 10.0 Å². The second-order valence-corrected chi connectivity index (χ2v) is 5.38. The number of benzene rings is 1. The lowest BCUT2D eigenvalue weighted by molar-refractivity contribution is 0.0976. The number of hydrogen-bond acceptors (Lipinski definition) is 3. The fraction of sp³-hybridized carbons (Fsp3) is 0.0769. The van der Waals surface area contributed by atoms with Gasteiger partial charge in [-0.05, 0) is 39.5 Å². The summed E-state index contributed by atoms with van der Waals surface area (Å²) in [5, 5.41) is 10.9. The lowest BCUT2D eigenvalue weighted by atomic mass is 9.97. The topological polar surface area (TPSA) is 40.9 Å². The number of carbonyl (C=O) groups excluding carboxylic acids is 1. The molecular weight excluding hydrogens is 317 g/mol. The highest BCUT2D eigenvalue weighted by molar-refractivity contribution is 9.10. The molecule has 0 bridgehead atoms. The Balaban J connectivity index is 2.42. The maximum absolute atomic E-state index is 13.8. The highest BCUT2D eigenvalue weighted by atomic mass is 79.9. The molecule has 0 N–H and O–H groups in total. The summed E-state index contributed by atoms with van der Waals surface area (Å²) in [6, 6.07) is 9.86. The van der Waals surface area contributed by atoms with Crippen LogP contribution in [0, 0.1) is 17.1 Å². The van der Waals surface area contributed by atoms with Crippen molar-refractivity contribution in [2.75, 3.05) is 0 Å². The smallest absolute Gasteiger partial charge is 0.188 e. The summed E-state index contributed by atoms with van der Waals surface area (Å²) in [4.78, 5) is 12.8. The van der Waals surface area contributed by atoms with E-state index in [0.29, 0.717) is 4.88 Å². The zero-order valence-corrected chi connectivity index (χ0v) is 11.5. The summed E-state index contributed by atoms with van der Waals surface area (Å²) in [7, 11) is 0. The third-order valence-electron chi connectivity index (χ3n) is 2.44. The molecule has 0 spiro atoms. The van der Waals surface area contributed by atoms with Crippen molar-refractivity contribution >= 4 is 33.0 Å². The molecule has 0 aliphatic carbocycles. The number of Topliss-reactive ketones (excluding diaryl/α,β-unsaturated/α-hetero) is 1. The van der Waals surface area contributed by atoms with Crippen LogP contribution in [-0.2, 0) is 0 Å². The van der Waals surface area contributed by atoms with Crippen molar-refractivity contribution in [2.45, 2.75) is 5.92 Å². The van der Waals surface area contributed by atoms with E-state index >= 15 is 0 Å². The van der Waals surface area contributed by atoms with Crippen LogP contribution in [0.1, 0.15) is 21.2 Å².